The highest BCUT2D eigenvalue weighted by Crippen LogP contribution is 2.41. The van der Waals surface area contributed by atoms with Crippen LogP contribution in [0.5, 0.6) is 5.75 Å². The van der Waals surface area contributed by atoms with Crippen molar-refractivity contribution in [3.63, 3.8) is 0 Å². The molecular weight excluding hydrogens is 570 g/mol. The molecule has 0 fully saturated rings. The first-order valence-corrected chi connectivity index (χ1v) is 15.6. The number of ether oxygens (including phenoxy) is 1. The van der Waals surface area contributed by atoms with Gasteiger partial charge in [0.15, 0.2) is 11.3 Å². The van der Waals surface area contributed by atoms with Crippen LogP contribution in [0.15, 0.2) is 52.0 Å². The van der Waals surface area contributed by atoms with Crippen molar-refractivity contribution in [2.45, 2.75) is 57.9 Å². The standard InChI is InChI=1S/C30H39N7O5S/c1-18-10-11-19(12-21(18)30(16-32-36-35-30)24-15-31-27(37(24)7)29(5,6)17-38)26(39)33-22-13-20(28(2,3)4)14-23(25(22)42-8)34-43(9,40)41/h10-16,34,38H,17H2,1-9H3,(H,33,39). The van der Waals surface area contributed by atoms with Gasteiger partial charge in [0.2, 0.25) is 10.0 Å². The average Bonchev–Trinajstić information content (AvgIpc) is 3.55. The number of imidazole rings is 1. The highest BCUT2D eigenvalue weighted by Gasteiger charge is 2.42. The van der Waals surface area contributed by atoms with Crippen molar-refractivity contribution in [1.82, 2.24) is 9.55 Å². The number of aliphatic hydroxyl groups excluding tert-OH is 1. The number of amides is 1. The summed E-state index contributed by atoms with van der Waals surface area (Å²) in [7, 11) is -0.372. The van der Waals surface area contributed by atoms with Gasteiger partial charge in [-0.05, 0) is 58.5 Å². The first-order valence-electron chi connectivity index (χ1n) is 13.7. The number of nitrogens with one attached hydrogen (secondary N) is 2. The van der Waals surface area contributed by atoms with Gasteiger partial charge in [-0.1, -0.05) is 40.7 Å². The molecule has 0 aliphatic carbocycles. The van der Waals surface area contributed by atoms with E-state index in [-0.39, 0.29) is 23.5 Å². The van der Waals surface area contributed by atoms with Crippen LogP contribution in [0.1, 0.15) is 73.2 Å². The van der Waals surface area contributed by atoms with Gasteiger partial charge in [0, 0.05) is 18.0 Å². The van der Waals surface area contributed by atoms with Gasteiger partial charge in [-0.25, -0.2) is 13.4 Å². The molecule has 1 amide bonds. The van der Waals surface area contributed by atoms with Crippen LogP contribution in [-0.4, -0.2) is 55.2 Å². The zero-order valence-corrected chi connectivity index (χ0v) is 26.8. The summed E-state index contributed by atoms with van der Waals surface area (Å²) in [5.41, 5.74) is 1.73. The molecule has 3 N–H and O–H groups in total. The zero-order chi connectivity index (χ0) is 32.0. The van der Waals surface area contributed by atoms with Crippen molar-refractivity contribution >= 4 is 33.5 Å². The lowest BCUT2D eigenvalue weighted by atomic mass is 9.84. The number of hydrogen-bond acceptors (Lipinski definition) is 9. The molecule has 13 heteroatoms. The maximum Gasteiger partial charge on any atom is 0.255 e. The van der Waals surface area contributed by atoms with E-state index in [4.69, 9.17) is 4.74 Å². The molecule has 0 bridgehead atoms. The van der Waals surface area contributed by atoms with E-state index in [9.17, 15) is 18.3 Å². The van der Waals surface area contributed by atoms with Gasteiger partial charge < -0.3 is 19.7 Å². The minimum atomic E-state index is -3.63. The second kappa shape index (κ2) is 11.2. The van der Waals surface area contributed by atoms with Gasteiger partial charge in [0.05, 0.1) is 49.5 Å². The van der Waals surface area contributed by atoms with Gasteiger partial charge in [-0.15, -0.1) is 10.2 Å². The topological polar surface area (TPSA) is 160 Å². The molecule has 0 radical (unpaired) electrons. The smallest absolute Gasteiger partial charge is 0.255 e. The molecule has 0 saturated heterocycles. The highest BCUT2D eigenvalue weighted by molar-refractivity contribution is 7.92. The summed E-state index contributed by atoms with van der Waals surface area (Å²) < 4.78 is 34.2. The van der Waals surface area contributed by atoms with Gasteiger partial charge in [0.1, 0.15) is 5.82 Å². The summed E-state index contributed by atoms with van der Waals surface area (Å²) in [6, 6.07) is 8.74. The lowest BCUT2D eigenvalue weighted by Gasteiger charge is -2.27. The van der Waals surface area contributed by atoms with E-state index in [1.54, 1.807) is 36.7 Å². The molecule has 1 aliphatic heterocycles. The summed E-state index contributed by atoms with van der Waals surface area (Å²) in [6.07, 6.45) is 4.36. The van der Waals surface area contributed by atoms with E-state index in [1.807, 2.05) is 59.2 Å². The average molecular weight is 610 g/mol. The van der Waals surface area contributed by atoms with E-state index in [2.05, 4.69) is 30.5 Å². The highest BCUT2D eigenvalue weighted by atomic mass is 32.2. The van der Waals surface area contributed by atoms with Crippen LogP contribution >= 0.6 is 0 Å². The monoisotopic (exact) mass is 609 g/mol. The Balaban J connectivity index is 1.81. The molecule has 230 valence electrons. The van der Waals surface area contributed by atoms with E-state index in [1.165, 1.54) is 7.11 Å². The Morgan fingerprint density at radius 2 is 1.79 bits per heavy atom. The fraction of sp³-hybridized carbons (Fsp3) is 0.433. The van der Waals surface area contributed by atoms with Crippen LogP contribution < -0.4 is 14.8 Å². The first-order chi connectivity index (χ1) is 19.9. The number of carbonyl (C=O) groups excluding carboxylic acids is 1. The SMILES string of the molecule is COc1c(NC(=O)c2ccc(C)c(C3(c4cnc(C(C)(C)CO)n4C)C=NN=N3)c2)cc(C(C)(C)C)cc1NS(C)(=O)=O. The third-order valence-electron chi connectivity index (χ3n) is 7.49. The predicted octanol–water partition coefficient (Wildman–Crippen LogP) is 4.62. The van der Waals surface area contributed by atoms with Crippen LogP contribution in [0.3, 0.4) is 0 Å². The summed E-state index contributed by atoms with van der Waals surface area (Å²) in [5.74, 6) is 0.405. The van der Waals surface area contributed by atoms with Crippen LogP contribution in [-0.2, 0) is 33.4 Å². The van der Waals surface area contributed by atoms with Crippen molar-refractivity contribution in [2.24, 2.45) is 22.5 Å². The molecule has 1 aliphatic rings. The normalized spacial score (nSPS) is 16.9. The molecule has 1 unspecified atom stereocenters. The Hall–Kier alpha value is -4.10. The van der Waals surface area contributed by atoms with Crippen molar-refractivity contribution in [3.05, 3.63) is 70.3 Å². The molecule has 1 aromatic heterocycles. The van der Waals surface area contributed by atoms with Crippen LogP contribution in [0.4, 0.5) is 11.4 Å². The van der Waals surface area contributed by atoms with E-state index < -0.39 is 26.9 Å². The van der Waals surface area contributed by atoms with Crippen LogP contribution in [0.2, 0.25) is 0 Å². The molecule has 1 atom stereocenters. The second-order valence-corrected chi connectivity index (χ2v) is 14.2. The molecule has 0 spiro atoms. The van der Waals surface area contributed by atoms with Crippen molar-refractivity contribution < 1.29 is 23.1 Å². The number of nitrogens with zero attached hydrogens (tertiary/aromatic N) is 5. The second-order valence-electron chi connectivity index (χ2n) is 12.5. The Morgan fingerprint density at radius 1 is 1.12 bits per heavy atom. The number of hydrogen-bond donors (Lipinski definition) is 3. The van der Waals surface area contributed by atoms with E-state index in [0.29, 0.717) is 28.3 Å². The number of aliphatic hydroxyl groups is 1. The number of aromatic nitrogens is 2. The van der Waals surface area contributed by atoms with Gasteiger partial charge >= 0.3 is 0 Å². The Morgan fingerprint density at radius 3 is 2.35 bits per heavy atom. The molecule has 4 rings (SSSR count). The molecule has 2 heterocycles. The van der Waals surface area contributed by atoms with Gasteiger partial charge in [-0.2, -0.15) is 0 Å². The lowest BCUT2D eigenvalue weighted by molar-refractivity contribution is 0.102. The first kappa shape index (κ1) is 31.8. The van der Waals surface area contributed by atoms with Crippen molar-refractivity contribution in [2.75, 3.05) is 30.0 Å². The maximum atomic E-state index is 13.8. The third-order valence-corrected chi connectivity index (χ3v) is 8.08. The minimum absolute atomic E-state index is 0.101. The number of rotatable bonds is 9. The summed E-state index contributed by atoms with van der Waals surface area (Å²) >= 11 is 0. The summed E-state index contributed by atoms with van der Waals surface area (Å²) in [5, 5.41) is 25.4. The molecule has 12 nitrogen and oxygen atoms in total. The summed E-state index contributed by atoms with van der Waals surface area (Å²) in [6.45, 7) is 11.6. The quantitative estimate of drug-likeness (QED) is 0.321. The van der Waals surface area contributed by atoms with Crippen molar-refractivity contribution in [3.8, 4) is 5.75 Å². The summed E-state index contributed by atoms with van der Waals surface area (Å²) in [4.78, 5) is 18.4. The maximum absolute atomic E-state index is 13.8. The molecule has 0 saturated carbocycles. The number of carbonyl (C=O) groups is 1. The molecule has 43 heavy (non-hydrogen) atoms. The van der Waals surface area contributed by atoms with Crippen LogP contribution in [0, 0.1) is 6.92 Å². The van der Waals surface area contributed by atoms with E-state index >= 15 is 0 Å². The number of anilines is 2. The fourth-order valence-corrected chi connectivity index (χ4v) is 5.64. The Bertz CT molecular complexity index is 1720. The molecule has 2 aromatic carbocycles. The zero-order valence-electron chi connectivity index (χ0n) is 26.0. The minimum Gasteiger partial charge on any atom is -0.492 e. The molecule has 3 aromatic rings. The number of benzene rings is 2. The lowest BCUT2D eigenvalue weighted by Crippen LogP contribution is -2.32. The largest absolute Gasteiger partial charge is 0.492 e. The third kappa shape index (κ3) is 6.18. The van der Waals surface area contributed by atoms with Gasteiger partial charge in [-0.3, -0.25) is 9.52 Å². The fourth-order valence-electron chi connectivity index (χ4n) is 5.09. The van der Waals surface area contributed by atoms with E-state index in [0.717, 1.165) is 17.4 Å². The number of methoxy groups -OCH3 is 1. The Kier molecular flexibility index (Phi) is 8.28. The van der Waals surface area contributed by atoms with Crippen LogP contribution in [0.25, 0.3) is 0 Å². The van der Waals surface area contributed by atoms with Crippen molar-refractivity contribution in [1.29, 1.82) is 0 Å². The number of aryl methyl sites for hydroxylation is 1. The number of sulfonamides is 1. The van der Waals surface area contributed by atoms with Gasteiger partial charge in [0.25, 0.3) is 5.91 Å². The predicted molar refractivity (Wildman–Crippen MR) is 167 cm³/mol. The Labute approximate surface area is 252 Å². The molecular formula is C30H39N7O5S.